The minimum atomic E-state index is -0.268. The van der Waals surface area contributed by atoms with Crippen LogP contribution in [0.25, 0.3) is 0 Å². The summed E-state index contributed by atoms with van der Waals surface area (Å²) in [6.07, 6.45) is 5.36. The number of amides is 1. The summed E-state index contributed by atoms with van der Waals surface area (Å²) in [5.74, 6) is 5.57. The fourth-order valence-corrected chi connectivity index (χ4v) is 2.67. The van der Waals surface area contributed by atoms with E-state index in [1.54, 1.807) is 0 Å². The van der Waals surface area contributed by atoms with Crippen LogP contribution in [0.1, 0.15) is 44.6 Å². The molecule has 0 aromatic heterocycles. The summed E-state index contributed by atoms with van der Waals surface area (Å²) in [6.45, 7) is 1.86. The molecule has 0 saturated heterocycles. The van der Waals surface area contributed by atoms with Gasteiger partial charge >= 0.3 is 0 Å². The van der Waals surface area contributed by atoms with E-state index in [0.29, 0.717) is 0 Å². The molecule has 2 rings (SSSR count). The van der Waals surface area contributed by atoms with Crippen molar-refractivity contribution < 1.29 is 9.90 Å². The maximum absolute atomic E-state index is 12.5. The van der Waals surface area contributed by atoms with Crippen molar-refractivity contribution in [1.29, 1.82) is 0 Å². The van der Waals surface area contributed by atoms with Crippen LogP contribution in [0.15, 0.2) is 24.3 Å². The van der Waals surface area contributed by atoms with Gasteiger partial charge in [0.05, 0.1) is 5.69 Å². The number of anilines is 1. The molecule has 1 fully saturated rings. The van der Waals surface area contributed by atoms with Gasteiger partial charge in [-0.1, -0.05) is 50.2 Å². The molecule has 1 amide bonds. The lowest BCUT2D eigenvalue weighted by Crippen LogP contribution is -2.35. The molecule has 0 spiro atoms. The smallest absolute Gasteiger partial charge is 0.230 e. The van der Waals surface area contributed by atoms with E-state index in [2.05, 4.69) is 17.2 Å². The highest BCUT2D eigenvalue weighted by Gasteiger charge is 2.34. The third-order valence-electron chi connectivity index (χ3n) is 3.98. The highest BCUT2D eigenvalue weighted by molar-refractivity contribution is 5.96. The lowest BCUT2D eigenvalue weighted by molar-refractivity contribution is -0.126. The van der Waals surface area contributed by atoms with E-state index in [0.717, 1.165) is 36.9 Å². The Kier molecular flexibility index (Phi) is 4.81. The molecule has 1 aliphatic carbocycles. The zero-order chi connectivity index (χ0) is 14.4. The predicted molar refractivity (Wildman–Crippen MR) is 80.2 cm³/mol. The van der Waals surface area contributed by atoms with Crippen molar-refractivity contribution in [1.82, 2.24) is 0 Å². The zero-order valence-corrected chi connectivity index (χ0v) is 11.9. The second-order valence-electron chi connectivity index (χ2n) is 5.58. The molecule has 0 aliphatic heterocycles. The Morgan fingerprint density at radius 1 is 1.30 bits per heavy atom. The predicted octanol–water partition coefficient (Wildman–Crippen LogP) is 2.94. The van der Waals surface area contributed by atoms with Gasteiger partial charge in [-0.05, 0) is 25.0 Å². The summed E-state index contributed by atoms with van der Waals surface area (Å²) in [7, 11) is 0. The number of rotatable bonds is 2. The van der Waals surface area contributed by atoms with Crippen LogP contribution in [0.4, 0.5) is 5.69 Å². The molecule has 20 heavy (non-hydrogen) atoms. The molecule has 0 unspecified atom stereocenters. The zero-order valence-electron chi connectivity index (χ0n) is 11.9. The fraction of sp³-hybridized carbons (Fsp3) is 0.471. The lowest BCUT2D eigenvalue weighted by atomic mass is 9.75. The Hall–Kier alpha value is -1.79. The Morgan fingerprint density at radius 3 is 2.70 bits per heavy atom. The summed E-state index contributed by atoms with van der Waals surface area (Å²) in [5, 5.41) is 11.8. The molecule has 3 heteroatoms. The van der Waals surface area contributed by atoms with Crippen molar-refractivity contribution in [3.8, 4) is 11.8 Å². The molecule has 1 saturated carbocycles. The van der Waals surface area contributed by atoms with Crippen LogP contribution >= 0.6 is 0 Å². The Labute approximate surface area is 120 Å². The number of nitrogens with one attached hydrogen (secondary N) is 1. The van der Waals surface area contributed by atoms with Crippen molar-refractivity contribution in [2.75, 3.05) is 11.9 Å². The number of aliphatic hydroxyl groups excluding tert-OH is 1. The summed E-state index contributed by atoms with van der Waals surface area (Å²) in [5.41, 5.74) is 1.20. The third kappa shape index (κ3) is 3.40. The Bertz CT molecular complexity index is 533. The number of carbonyl (C=O) groups excluding carboxylic acids is 1. The molecular formula is C17H21NO2. The number of hydrogen-bond donors (Lipinski definition) is 2. The number of aliphatic hydroxyl groups is 1. The summed E-state index contributed by atoms with van der Waals surface area (Å²) < 4.78 is 0. The van der Waals surface area contributed by atoms with Crippen LogP contribution in [0.3, 0.4) is 0 Å². The van der Waals surface area contributed by atoms with Crippen molar-refractivity contribution in [2.45, 2.75) is 39.0 Å². The largest absolute Gasteiger partial charge is 0.384 e. The third-order valence-corrected chi connectivity index (χ3v) is 3.98. The van der Waals surface area contributed by atoms with E-state index >= 15 is 0 Å². The molecule has 0 atom stereocenters. The number of hydrogen-bond acceptors (Lipinski definition) is 2. The van der Waals surface area contributed by atoms with Crippen LogP contribution in [0.5, 0.6) is 0 Å². The first-order valence-corrected chi connectivity index (χ1v) is 7.16. The van der Waals surface area contributed by atoms with Crippen LogP contribution in [-0.2, 0) is 4.79 Å². The Balaban J connectivity index is 2.15. The first kappa shape index (κ1) is 14.6. The normalized spacial score (nSPS) is 16.9. The first-order chi connectivity index (χ1) is 9.65. The van der Waals surface area contributed by atoms with E-state index in [-0.39, 0.29) is 17.9 Å². The van der Waals surface area contributed by atoms with E-state index in [1.165, 1.54) is 6.42 Å². The molecule has 1 aromatic rings. The quantitative estimate of drug-likeness (QED) is 0.812. The minimum Gasteiger partial charge on any atom is -0.384 e. The molecular weight excluding hydrogens is 250 g/mol. The Morgan fingerprint density at radius 2 is 2.00 bits per heavy atom. The SMILES string of the molecule is CC1(C(=O)Nc2ccccc2C#CCO)CCCCC1. The highest BCUT2D eigenvalue weighted by Crippen LogP contribution is 2.36. The van der Waals surface area contributed by atoms with Gasteiger partial charge in [0.25, 0.3) is 0 Å². The fourth-order valence-electron chi connectivity index (χ4n) is 2.67. The van der Waals surface area contributed by atoms with Gasteiger partial charge in [-0.15, -0.1) is 0 Å². The maximum Gasteiger partial charge on any atom is 0.230 e. The van der Waals surface area contributed by atoms with Crippen LogP contribution in [0.2, 0.25) is 0 Å². The average Bonchev–Trinajstić information content (AvgIpc) is 2.47. The second kappa shape index (κ2) is 6.58. The second-order valence-corrected chi connectivity index (χ2v) is 5.58. The maximum atomic E-state index is 12.5. The summed E-state index contributed by atoms with van der Waals surface area (Å²) in [6, 6.07) is 7.45. The van der Waals surface area contributed by atoms with Crippen LogP contribution in [0, 0.1) is 17.3 Å². The van der Waals surface area contributed by atoms with Crippen LogP contribution in [-0.4, -0.2) is 17.6 Å². The first-order valence-electron chi connectivity index (χ1n) is 7.16. The van der Waals surface area contributed by atoms with E-state index in [9.17, 15) is 4.79 Å². The monoisotopic (exact) mass is 271 g/mol. The van der Waals surface area contributed by atoms with E-state index in [4.69, 9.17) is 5.11 Å². The number of para-hydroxylation sites is 1. The average molecular weight is 271 g/mol. The summed E-state index contributed by atoms with van der Waals surface area (Å²) >= 11 is 0. The van der Waals surface area contributed by atoms with Crippen molar-refractivity contribution in [2.24, 2.45) is 5.41 Å². The van der Waals surface area contributed by atoms with Gasteiger partial charge in [0.15, 0.2) is 0 Å². The molecule has 1 aliphatic rings. The van der Waals surface area contributed by atoms with Gasteiger partial charge in [0.2, 0.25) is 5.91 Å². The minimum absolute atomic E-state index is 0.0791. The van der Waals surface area contributed by atoms with Gasteiger partial charge in [-0.25, -0.2) is 0 Å². The van der Waals surface area contributed by atoms with Crippen molar-refractivity contribution >= 4 is 11.6 Å². The topological polar surface area (TPSA) is 49.3 Å². The van der Waals surface area contributed by atoms with Gasteiger partial charge in [0.1, 0.15) is 6.61 Å². The summed E-state index contributed by atoms with van der Waals surface area (Å²) in [4.78, 5) is 12.5. The van der Waals surface area contributed by atoms with Gasteiger partial charge in [0, 0.05) is 11.0 Å². The molecule has 106 valence electrons. The standard InChI is InChI=1S/C17H21NO2/c1-17(11-5-2-6-12-17)16(20)18-15-10-4-3-8-14(15)9-7-13-19/h3-4,8,10,19H,2,5-6,11-13H2,1H3,(H,18,20). The van der Waals surface area contributed by atoms with Gasteiger partial charge in [-0.3, -0.25) is 4.79 Å². The molecule has 0 radical (unpaired) electrons. The van der Waals surface area contributed by atoms with Crippen LogP contribution < -0.4 is 5.32 Å². The highest BCUT2D eigenvalue weighted by atomic mass is 16.2. The molecule has 2 N–H and O–H groups in total. The number of carbonyl (C=O) groups is 1. The lowest BCUT2D eigenvalue weighted by Gasteiger charge is -2.32. The van der Waals surface area contributed by atoms with E-state index in [1.807, 2.05) is 31.2 Å². The molecule has 3 nitrogen and oxygen atoms in total. The van der Waals surface area contributed by atoms with Crippen molar-refractivity contribution in [3.05, 3.63) is 29.8 Å². The van der Waals surface area contributed by atoms with E-state index < -0.39 is 0 Å². The molecule has 0 bridgehead atoms. The van der Waals surface area contributed by atoms with Crippen molar-refractivity contribution in [3.63, 3.8) is 0 Å². The number of benzene rings is 1. The molecule has 1 aromatic carbocycles. The van der Waals surface area contributed by atoms with Gasteiger partial charge in [-0.2, -0.15) is 0 Å². The molecule has 0 heterocycles. The van der Waals surface area contributed by atoms with Gasteiger partial charge < -0.3 is 10.4 Å².